The highest BCUT2D eigenvalue weighted by Gasteiger charge is 2.53. The second-order valence-corrected chi connectivity index (χ2v) is 26.6. The van der Waals surface area contributed by atoms with Gasteiger partial charge in [-0.05, 0) is 217 Å². The van der Waals surface area contributed by atoms with E-state index in [0.717, 1.165) is 113 Å². The Morgan fingerprint density at radius 1 is 0.513 bits per heavy atom. The molecule has 12 aliphatic rings. The zero-order valence-electron chi connectivity index (χ0n) is 44.5. The Hall–Kier alpha value is -4.82. The molecule has 0 spiro atoms. The molecule has 0 unspecified atom stereocenters. The van der Waals surface area contributed by atoms with Gasteiger partial charge in [-0.1, -0.05) is 45.8 Å². The van der Waals surface area contributed by atoms with E-state index in [-0.39, 0.29) is 16.9 Å². The zero-order chi connectivity index (χ0) is 51.4. The molecule has 402 valence electrons. The molecule has 3 aromatic heterocycles. The SMILES string of the molecule is COc1cccc(-c2cc(CNC34CC5CC(CC(C5)C3)C4)no2)c1.CSc1ccc(-c2cc(CNCC34CC5CC(CC(C5)C3)C4)no2)cc1.Fc1cccc(F)c1-c1cc(CNC23CC4CC(CC(C4)C2)C3)no1. The maximum Gasteiger partial charge on any atom is 0.173 e. The van der Waals surface area contributed by atoms with Crippen molar-refractivity contribution < 1.29 is 27.1 Å². The van der Waals surface area contributed by atoms with E-state index in [0.29, 0.717) is 23.2 Å². The minimum Gasteiger partial charge on any atom is -0.497 e. The molecule has 0 amide bonds. The van der Waals surface area contributed by atoms with Crippen LogP contribution < -0.4 is 20.7 Å². The van der Waals surface area contributed by atoms with Gasteiger partial charge in [-0.3, -0.25) is 0 Å². The van der Waals surface area contributed by atoms with Crippen molar-refractivity contribution in [3.63, 3.8) is 0 Å². The third kappa shape index (κ3) is 10.8. The molecule has 12 saturated carbocycles. The predicted octanol–water partition coefficient (Wildman–Crippen LogP) is 14.5. The number of methoxy groups -OCH3 is 1. The quantitative estimate of drug-likeness (QED) is 0.0852. The van der Waals surface area contributed by atoms with E-state index in [1.54, 1.807) is 24.9 Å². The van der Waals surface area contributed by atoms with Crippen molar-refractivity contribution in [1.82, 2.24) is 31.4 Å². The Morgan fingerprint density at radius 2 is 0.934 bits per heavy atom. The van der Waals surface area contributed by atoms with Gasteiger partial charge in [0.15, 0.2) is 17.3 Å². The number of hydrogen-bond acceptors (Lipinski definition) is 11. The van der Waals surface area contributed by atoms with Crippen LogP contribution in [0.4, 0.5) is 8.78 Å². The van der Waals surface area contributed by atoms with Crippen LogP contribution in [0.1, 0.15) is 133 Å². The Labute approximate surface area is 451 Å². The average molecular weight is 1050 g/mol. The van der Waals surface area contributed by atoms with Crippen LogP contribution in [0.5, 0.6) is 5.75 Å². The van der Waals surface area contributed by atoms with Crippen LogP contribution in [-0.2, 0) is 19.6 Å². The first-order chi connectivity index (χ1) is 37.0. The molecule has 6 aromatic rings. The molecular weight excluding hydrogens is 975 g/mol. The third-order valence-corrected chi connectivity index (χ3v) is 20.7. The summed E-state index contributed by atoms with van der Waals surface area (Å²) in [5.41, 5.74) is 5.85. The Morgan fingerprint density at radius 3 is 1.41 bits per heavy atom. The molecular formula is C63H76F2N6O4S. The minimum absolute atomic E-state index is 0.143. The fourth-order valence-electron chi connectivity index (χ4n) is 18.0. The van der Waals surface area contributed by atoms with Gasteiger partial charge >= 0.3 is 0 Å². The van der Waals surface area contributed by atoms with Gasteiger partial charge in [-0.15, -0.1) is 11.8 Å². The molecule has 3 aromatic carbocycles. The van der Waals surface area contributed by atoms with Crippen molar-refractivity contribution in [3.8, 4) is 39.7 Å². The highest BCUT2D eigenvalue weighted by Crippen LogP contribution is 2.60. The van der Waals surface area contributed by atoms with Crippen molar-refractivity contribution >= 4 is 11.8 Å². The first-order valence-electron chi connectivity index (χ1n) is 28.8. The van der Waals surface area contributed by atoms with Gasteiger partial charge in [0.25, 0.3) is 0 Å². The number of ether oxygens (including phenoxy) is 1. The molecule has 12 aliphatic carbocycles. The van der Waals surface area contributed by atoms with Gasteiger partial charge in [-0.25, -0.2) is 8.78 Å². The van der Waals surface area contributed by atoms with Gasteiger partial charge in [-0.2, -0.15) is 0 Å². The van der Waals surface area contributed by atoms with Gasteiger partial charge < -0.3 is 34.3 Å². The van der Waals surface area contributed by atoms with Crippen molar-refractivity contribution in [3.05, 3.63) is 114 Å². The molecule has 0 saturated heterocycles. The summed E-state index contributed by atoms with van der Waals surface area (Å²) >= 11 is 1.76. The Kier molecular flexibility index (Phi) is 14.1. The first-order valence-corrected chi connectivity index (χ1v) is 30.1. The van der Waals surface area contributed by atoms with Crippen molar-refractivity contribution in [1.29, 1.82) is 0 Å². The van der Waals surface area contributed by atoms with E-state index < -0.39 is 11.6 Å². The molecule has 0 atom stereocenters. The fourth-order valence-corrected chi connectivity index (χ4v) is 18.4. The van der Waals surface area contributed by atoms with E-state index in [9.17, 15) is 8.78 Å². The lowest BCUT2D eigenvalue weighted by molar-refractivity contribution is -0.0514. The van der Waals surface area contributed by atoms with E-state index in [4.69, 9.17) is 18.3 Å². The minimum atomic E-state index is -0.628. The van der Waals surface area contributed by atoms with Gasteiger partial charge in [0.05, 0.1) is 29.8 Å². The number of thioether (sulfide) groups is 1. The summed E-state index contributed by atoms with van der Waals surface area (Å²) in [4.78, 5) is 1.27. The third-order valence-electron chi connectivity index (χ3n) is 20.0. The standard InChI is InChI=1S/C22H28N2OS.C21H26N2O2.C20H22F2N2O/c1-26-20-4-2-18(3-5-20)21-9-19(24-25-21)13-23-14-22-10-15-6-16(11-22)8-17(7-15)12-22;1-24-19-4-2-3-17(8-19)20-9-18(23-25-20)13-22-21-10-14-5-15(11-21)7-16(6-14)12-21;21-16-2-1-3-17(22)19(16)18-7-15(24-25-18)11-23-20-8-12-4-13(9-20)6-14(5-12)10-20/h2-5,9,15-17,23H,6-8,10-14H2,1H3;2-4,8-9,14-16,22H,5-7,10-13H2,1H3;1-3,7,12-14,23H,4-6,8-11H2. The lowest BCUT2D eigenvalue weighted by Crippen LogP contribution is -2.58. The van der Waals surface area contributed by atoms with Gasteiger partial charge in [0, 0.05) is 71.5 Å². The number of benzene rings is 3. The highest BCUT2D eigenvalue weighted by molar-refractivity contribution is 7.98. The van der Waals surface area contributed by atoms with E-state index in [1.165, 1.54) is 139 Å². The second kappa shape index (κ2) is 21.1. The number of hydrogen-bond donors (Lipinski definition) is 3. The summed E-state index contributed by atoms with van der Waals surface area (Å²) in [5, 5.41) is 23.9. The number of nitrogens with zero attached hydrogens (tertiary/aromatic N) is 3. The topological polar surface area (TPSA) is 123 Å². The average Bonchev–Trinajstić information content (AvgIpc) is 4.24. The second-order valence-electron chi connectivity index (χ2n) is 25.7. The maximum absolute atomic E-state index is 13.9. The number of rotatable bonds is 15. The summed E-state index contributed by atoms with van der Waals surface area (Å²) < 4.78 is 49.4. The normalized spacial score (nSPS) is 32.8. The van der Waals surface area contributed by atoms with Crippen LogP contribution in [0, 0.1) is 70.3 Å². The molecule has 0 radical (unpaired) electrons. The number of halogens is 2. The van der Waals surface area contributed by atoms with Crippen molar-refractivity contribution in [2.45, 2.75) is 151 Å². The number of aromatic nitrogens is 3. The summed E-state index contributed by atoms with van der Waals surface area (Å²) in [7, 11) is 1.68. The summed E-state index contributed by atoms with van der Waals surface area (Å²) in [6.45, 7) is 3.36. The van der Waals surface area contributed by atoms with Crippen LogP contribution in [0.15, 0.2) is 103 Å². The van der Waals surface area contributed by atoms with Crippen LogP contribution in [0.2, 0.25) is 0 Å². The molecule has 3 heterocycles. The lowest BCUT2D eigenvalue weighted by Gasteiger charge is -2.57. The van der Waals surface area contributed by atoms with Crippen LogP contribution >= 0.6 is 11.8 Å². The molecule has 12 fully saturated rings. The molecule has 0 aliphatic heterocycles. The largest absolute Gasteiger partial charge is 0.497 e. The van der Waals surface area contributed by atoms with Crippen molar-refractivity contribution in [2.24, 2.45) is 58.7 Å². The van der Waals surface area contributed by atoms with E-state index >= 15 is 0 Å². The van der Waals surface area contributed by atoms with Crippen molar-refractivity contribution in [2.75, 3.05) is 19.9 Å². The molecule has 10 nitrogen and oxygen atoms in total. The molecule has 18 rings (SSSR count). The number of nitrogens with one attached hydrogen (secondary N) is 3. The summed E-state index contributed by atoms with van der Waals surface area (Å²) in [6, 6.07) is 26.0. The van der Waals surface area contributed by atoms with Gasteiger partial charge in [0.1, 0.15) is 17.4 Å². The molecule has 3 N–H and O–H groups in total. The van der Waals surface area contributed by atoms with Crippen LogP contribution in [0.3, 0.4) is 0 Å². The van der Waals surface area contributed by atoms with E-state index in [1.807, 2.05) is 24.3 Å². The zero-order valence-corrected chi connectivity index (χ0v) is 45.3. The first kappa shape index (κ1) is 50.7. The molecule has 76 heavy (non-hydrogen) atoms. The monoisotopic (exact) mass is 1050 g/mol. The smallest absolute Gasteiger partial charge is 0.173 e. The Bertz CT molecular complexity index is 2840. The Balaban J connectivity index is 0.000000109. The van der Waals surface area contributed by atoms with Crippen LogP contribution in [-0.4, -0.2) is 46.5 Å². The maximum atomic E-state index is 13.9. The summed E-state index contributed by atoms with van der Waals surface area (Å²) in [5.74, 6) is 9.97. The lowest BCUT2D eigenvalue weighted by atomic mass is 9.49. The fraction of sp³-hybridized carbons (Fsp3) is 0.571. The molecule has 12 bridgehead atoms. The van der Waals surface area contributed by atoms with Crippen LogP contribution in [0.25, 0.3) is 34.0 Å². The van der Waals surface area contributed by atoms with E-state index in [2.05, 4.69) is 74.1 Å². The molecule has 13 heteroatoms. The summed E-state index contributed by atoms with van der Waals surface area (Å²) in [6.07, 6.45) is 27.5. The van der Waals surface area contributed by atoms with Gasteiger partial charge in [0.2, 0.25) is 0 Å². The highest BCUT2D eigenvalue weighted by atomic mass is 32.2. The predicted molar refractivity (Wildman–Crippen MR) is 292 cm³/mol.